The zero-order valence-corrected chi connectivity index (χ0v) is 10.8. The highest BCUT2D eigenvalue weighted by molar-refractivity contribution is 7.12. The first-order valence-electron chi connectivity index (χ1n) is 6.08. The summed E-state index contributed by atoms with van der Waals surface area (Å²) in [6.07, 6.45) is 7.84. The molecule has 1 aromatic rings. The predicted octanol–water partition coefficient (Wildman–Crippen LogP) is 3.23. The fourth-order valence-corrected chi connectivity index (χ4v) is 2.98. The maximum absolute atomic E-state index is 5.50. The van der Waals surface area contributed by atoms with Crippen molar-refractivity contribution < 1.29 is 9.47 Å². The maximum Gasteiger partial charge on any atom is 0.193 e. The highest BCUT2D eigenvalue weighted by Crippen LogP contribution is 2.30. The van der Waals surface area contributed by atoms with Gasteiger partial charge >= 0.3 is 0 Å². The van der Waals surface area contributed by atoms with Crippen LogP contribution >= 0.6 is 11.3 Å². The number of allylic oxidation sites excluding steroid dienone is 4. The van der Waals surface area contributed by atoms with E-state index in [1.165, 1.54) is 10.5 Å². The molecule has 18 heavy (non-hydrogen) atoms. The minimum Gasteiger partial charge on any atom is -0.345 e. The molecule has 2 nitrogen and oxygen atoms in total. The lowest BCUT2D eigenvalue weighted by Crippen LogP contribution is -1.93. The molecule has 0 radical (unpaired) electrons. The number of ether oxygens (including phenoxy) is 2. The van der Waals surface area contributed by atoms with Crippen LogP contribution in [-0.4, -0.2) is 13.2 Å². The third-order valence-electron chi connectivity index (χ3n) is 2.80. The van der Waals surface area contributed by atoms with E-state index in [9.17, 15) is 0 Å². The van der Waals surface area contributed by atoms with Crippen LogP contribution in [-0.2, 0) is 15.9 Å². The molecule has 92 valence electrons. The van der Waals surface area contributed by atoms with Crippen LogP contribution in [0.4, 0.5) is 0 Å². The smallest absolute Gasteiger partial charge is 0.193 e. The summed E-state index contributed by atoms with van der Waals surface area (Å²) >= 11 is 1.75. The quantitative estimate of drug-likeness (QED) is 0.775. The molecule has 0 amide bonds. The summed E-state index contributed by atoms with van der Waals surface area (Å²) in [5, 5.41) is 0. The van der Waals surface area contributed by atoms with Crippen LogP contribution in [0.1, 0.15) is 22.5 Å². The maximum atomic E-state index is 5.50. The van der Waals surface area contributed by atoms with Crippen molar-refractivity contribution in [1.29, 1.82) is 0 Å². The molecular weight excluding hydrogens is 244 g/mol. The Hall–Kier alpha value is -1.34. The van der Waals surface area contributed by atoms with Gasteiger partial charge in [0.15, 0.2) is 6.29 Å². The molecule has 0 bridgehead atoms. The lowest BCUT2D eigenvalue weighted by Gasteiger charge is -2.04. The molecule has 2 aliphatic rings. The van der Waals surface area contributed by atoms with Crippen molar-refractivity contribution in [2.75, 3.05) is 13.2 Å². The number of hydrogen-bond donors (Lipinski definition) is 0. The van der Waals surface area contributed by atoms with E-state index in [4.69, 9.17) is 9.47 Å². The summed E-state index contributed by atoms with van der Waals surface area (Å²) in [5.41, 5.74) is 1.17. The van der Waals surface area contributed by atoms with Crippen LogP contribution in [0.15, 0.2) is 35.9 Å². The van der Waals surface area contributed by atoms with Crippen LogP contribution < -0.4 is 0 Å². The Bertz CT molecular complexity index is 536. The number of rotatable bonds is 3. The first kappa shape index (κ1) is 11.7. The van der Waals surface area contributed by atoms with Crippen molar-refractivity contribution in [2.24, 2.45) is 0 Å². The molecule has 0 aromatic carbocycles. The second-order valence-corrected chi connectivity index (χ2v) is 5.38. The average molecular weight is 258 g/mol. The van der Waals surface area contributed by atoms with E-state index < -0.39 is 0 Å². The fraction of sp³-hybridized carbons (Fsp3) is 0.333. The summed E-state index contributed by atoms with van der Waals surface area (Å²) in [6.45, 7) is 1.39. The highest BCUT2D eigenvalue weighted by Gasteiger charge is 2.20. The molecule has 2 heterocycles. The highest BCUT2D eigenvalue weighted by atomic mass is 32.1. The molecule has 0 saturated carbocycles. The van der Waals surface area contributed by atoms with Crippen LogP contribution in [0.5, 0.6) is 0 Å². The summed E-state index contributed by atoms with van der Waals surface area (Å²) in [5.74, 6) is 6.33. The minimum absolute atomic E-state index is 0.155. The molecule has 0 spiro atoms. The Balaban J connectivity index is 1.71. The molecule has 1 aliphatic carbocycles. The molecule has 3 rings (SSSR count). The van der Waals surface area contributed by atoms with E-state index in [1.54, 1.807) is 11.3 Å². The van der Waals surface area contributed by atoms with E-state index >= 15 is 0 Å². The third kappa shape index (κ3) is 2.73. The van der Waals surface area contributed by atoms with Gasteiger partial charge in [0.2, 0.25) is 0 Å². The van der Waals surface area contributed by atoms with E-state index in [0.29, 0.717) is 13.2 Å². The minimum atomic E-state index is -0.155. The van der Waals surface area contributed by atoms with E-state index in [0.717, 1.165) is 17.7 Å². The van der Waals surface area contributed by atoms with Crippen LogP contribution in [0.2, 0.25) is 0 Å². The molecule has 0 unspecified atom stereocenters. The molecule has 1 aliphatic heterocycles. The average Bonchev–Trinajstić information content (AvgIpc) is 2.98. The summed E-state index contributed by atoms with van der Waals surface area (Å²) < 4.78 is 11.0. The SMILES string of the molecule is C1#CC(Cc2ccc(C3OCCO3)s2)=CC=CC1. The van der Waals surface area contributed by atoms with Gasteiger partial charge in [-0.15, -0.1) is 11.3 Å². The van der Waals surface area contributed by atoms with Gasteiger partial charge in [-0.25, -0.2) is 0 Å². The third-order valence-corrected chi connectivity index (χ3v) is 3.91. The van der Waals surface area contributed by atoms with Crippen LogP contribution in [0, 0.1) is 11.8 Å². The fourth-order valence-electron chi connectivity index (χ4n) is 1.95. The molecule has 3 heteroatoms. The number of thiophene rings is 1. The van der Waals surface area contributed by atoms with Gasteiger partial charge in [0.1, 0.15) is 0 Å². The van der Waals surface area contributed by atoms with Gasteiger partial charge in [-0.05, 0) is 12.1 Å². The first-order valence-corrected chi connectivity index (χ1v) is 6.90. The molecule has 0 N–H and O–H groups in total. The largest absolute Gasteiger partial charge is 0.345 e. The summed E-state index contributed by atoms with van der Waals surface area (Å²) in [7, 11) is 0. The standard InChI is InChI=1S/C15H14O2S/c1-2-4-6-12(5-3-1)11-13-7-8-14(18-13)15-16-9-10-17-15/h1,3,5,7-8,15H,2,9-11H2. The van der Waals surface area contributed by atoms with Gasteiger partial charge in [-0.1, -0.05) is 30.1 Å². The van der Waals surface area contributed by atoms with Crippen molar-refractivity contribution in [3.05, 3.63) is 45.7 Å². The lowest BCUT2D eigenvalue weighted by molar-refractivity contribution is -0.0413. The monoisotopic (exact) mass is 258 g/mol. The van der Waals surface area contributed by atoms with E-state index in [1.807, 2.05) is 0 Å². The van der Waals surface area contributed by atoms with Gasteiger partial charge in [-0.3, -0.25) is 0 Å². The van der Waals surface area contributed by atoms with Gasteiger partial charge < -0.3 is 9.47 Å². The van der Waals surface area contributed by atoms with Gasteiger partial charge in [0, 0.05) is 23.3 Å². The van der Waals surface area contributed by atoms with Crippen molar-refractivity contribution in [1.82, 2.24) is 0 Å². The summed E-state index contributed by atoms with van der Waals surface area (Å²) in [6, 6.07) is 4.23. The first-order chi connectivity index (χ1) is 8.92. The molecule has 1 aromatic heterocycles. The van der Waals surface area contributed by atoms with Crippen molar-refractivity contribution in [2.45, 2.75) is 19.1 Å². The van der Waals surface area contributed by atoms with Crippen LogP contribution in [0.3, 0.4) is 0 Å². The van der Waals surface area contributed by atoms with Crippen LogP contribution in [0.25, 0.3) is 0 Å². The Morgan fingerprint density at radius 1 is 1.28 bits per heavy atom. The second-order valence-electron chi connectivity index (χ2n) is 4.18. The van der Waals surface area contributed by atoms with Gasteiger partial charge in [-0.2, -0.15) is 0 Å². The van der Waals surface area contributed by atoms with Gasteiger partial charge in [0.05, 0.1) is 18.1 Å². The molecule has 1 fully saturated rings. The zero-order chi connectivity index (χ0) is 12.2. The molecule has 0 atom stereocenters. The summed E-state index contributed by atoms with van der Waals surface area (Å²) in [4.78, 5) is 2.46. The van der Waals surface area contributed by atoms with Crippen molar-refractivity contribution in [3.8, 4) is 11.8 Å². The predicted molar refractivity (Wildman–Crippen MR) is 72.3 cm³/mol. The second kappa shape index (κ2) is 5.53. The Morgan fingerprint density at radius 3 is 3.06 bits per heavy atom. The lowest BCUT2D eigenvalue weighted by atomic mass is 10.1. The molecule has 1 saturated heterocycles. The zero-order valence-electron chi connectivity index (χ0n) is 10.0. The van der Waals surface area contributed by atoms with E-state index in [2.05, 4.69) is 42.2 Å². The Morgan fingerprint density at radius 2 is 2.17 bits per heavy atom. The Kier molecular flexibility index (Phi) is 3.61. The van der Waals surface area contributed by atoms with E-state index in [-0.39, 0.29) is 6.29 Å². The van der Waals surface area contributed by atoms with Crippen molar-refractivity contribution >= 4 is 11.3 Å². The Labute approximate surface area is 111 Å². The molecular formula is C15H14O2S. The normalized spacial score (nSPS) is 19.2. The number of hydrogen-bond acceptors (Lipinski definition) is 3. The topological polar surface area (TPSA) is 18.5 Å². The van der Waals surface area contributed by atoms with Crippen molar-refractivity contribution in [3.63, 3.8) is 0 Å². The van der Waals surface area contributed by atoms with Gasteiger partial charge in [0.25, 0.3) is 0 Å².